The van der Waals surface area contributed by atoms with Crippen molar-refractivity contribution >= 4 is 17.4 Å². The van der Waals surface area contributed by atoms with Gasteiger partial charge in [-0.05, 0) is 43.7 Å². The number of aromatic nitrogens is 1. The van der Waals surface area contributed by atoms with Gasteiger partial charge in [-0.3, -0.25) is 4.79 Å². The van der Waals surface area contributed by atoms with Crippen molar-refractivity contribution in [1.82, 2.24) is 4.98 Å². The predicted molar refractivity (Wildman–Crippen MR) is 77.7 cm³/mol. The first-order chi connectivity index (χ1) is 9.10. The Morgan fingerprint density at radius 3 is 2.53 bits per heavy atom. The third-order valence-electron chi connectivity index (χ3n) is 2.85. The molecule has 2 N–H and O–H groups in total. The Balaban J connectivity index is 2.27. The van der Waals surface area contributed by atoms with E-state index >= 15 is 0 Å². The molecular weight excluding hydrogens is 238 g/mol. The molecule has 0 aliphatic rings. The van der Waals surface area contributed by atoms with Gasteiger partial charge in [-0.2, -0.15) is 0 Å². The molecule has 4 heteroatoms. The molecule has 1 amide bonds. The molecule has 0 aliphatic carbocycles. The number of hydrogen-bond donors (Lipinski definition) is 2. The molecular formula is C15H17N3O. The zero-order chi connectivity index (χ0) is 13.8. The monoisotopic (exact) mass is 255 g/mol. The SMILES string of the molecule is CNc1ccc(C)cc1C(=O)Nc1cc(C)ccn1. The minimum atomic E-state index is -0.161. The summed E-state index contributed by atoms with van der Waals surface area (Å²) < 4.78 is 0. The van der Waals surface area contributed by atoms with Crippen LogP contribution in [0.1, 0.15) is 21.5 Å². The Morgan fingerprint density at radius 2 is 1.84 bits per heavy atom. The van der Waals surface area contributed by atoms with Crippen molar-refractivity contribution in [2.24, 2.45) is 0 Å². The fraction of sp³-hybridized carbons (Fsp3) is 0.200. The number of benzene rings is 1. The van der Waals surface area contributed by atoms with E-state index in [0.717, 1.165) is 16.8 Å². The van der Waals surface area contributed by atoms with Gasteiger partial charge in [0.25, 0.3) is 5.91 Å². The molecule has 0 saturated carbocycles. The number of carbonyl (C=O) groups excluding carboxylic acids is 1. The molecule has 0 unspecified atom stereocenters. The van der Waals surface area contributed by atoms with Crippen LogP contribution in [0.5, 0.6) is 0 Å². The van der Waals surface area contributed by atoms with Gasteiger partial charge >= 0.3 is 0 Å². The van der Waals surface area contributed by atoms with Crippen LogP contribution < -0.4 is 10.6 Å². The summed E-state index contributed by atoms with van der Waals surface area (Å²) in [7, 11) is 1.80. The van der Waals surface area contributed by atoms with Crippen LogP contribution in [-0.2, 0) is 0 Å². The molecule has 0 atom stereocenters. The Labute approximate surface area is 112 Å². The van der Waals surface area contributed by atoms with E-state index in [0.29, 0.717) is 11.4 Å². The van der Waals surface area contributed by atoms with Crippen molar-refractivity contribution in [3.8, 4) is 0 Å². The number of pyridine rings is 1. The van der Waals surface area contributed by atoms with Gasteiger partial charge in [0.05, 0.1) is 5.56 Å². The maximum absolute atomic E-state index is 12.3. The molecule has 1 heterocycles. The lowest BCUT2D eigenvalue weighted by Gasteiger charge is -2.10. The van der Waals surface area contributed by atoms with Crippen LogP contribution in [0.4, 0.5) is 11.5 Å². The van der Waals surface area contributed by atoms with Crippen LogP contribution in [0.3, 0.4) is 0 Å². The summed E-state index contributed by atoms with van der Waals surface area (Å²) in [4.78, 5) is 16.4. The van der Waals surface area contributed by atoms with Gasteiger partial charge in [0.2, 0.25) is 0 Å². The number of hydrogen-bond acceptors (Lipinski definition) is 3. The van der Waals surface area contributed by atoms with Crippen molar-refractivity contribution < 1.29 is 4.79 Å². The smallest absolute Gasteiger partial charge is 0.258 e. The second-order valence-corrected chi connectivity index (χ2v) is 4.47. The maximum Gasteiger partial charge on any atom is 0.258 e. The zero-order valence-electron chi connectivity index (χ0n) is 11.3. The van der Waals surface area contributed by atoms with Crippen molar-refractivity contribution in [3.63, 3.8) is 0 Å². The van der Waals surface area contributed by atoms with Gasteiger partial charge in [-0.25, -0.2) is 4.98 Å². The summed E-state index contributed by atoms with van der Waals surface area (Å²) in [5, 5.41) is 5.83. The van der Waals surface area contributed by atoms with Crippen molar-refractivity contribution in [1.29, 1.82) is 0 Å². The number of aryl methyl sites for hydroxylation is 2. The lowest BCUT2D eigenvalue weighted by molar-refractivity contribution is 0.102. The number of amides is 1. The molecule has 2 rings (SSSR count). The first-order valence-corrected chi connectivity index (χ1v) is 6.12. The lowest BCUT2D eigenvalue weighted by Crippen LogP contribution is -2.15. The van der Waals surface area contributed by atoms with Crippen LogP contribution in [0.15, 0.2) is 36.5 Å². The first-order valence-electron chi connectivity index (χ1n) is 6.12. The molecule has 0 saturated heterocycles. The molecule has 98 valence electrons. The van der Waals surface area contributed by atoms with E-state index in [4.69, 9.17) is 0 Å². The van der Waals surface area contributed by atoms with Crippen LogP contribution in [-0.4, -0.2) is 17.9 Å². The lowest BCUT2D eigenvalue weighted by atomic mass is 10.1. The Kier molecular flexibility index (Phi) is 3.80. The van der Waals surface area contributed by atoms with Crippen LogP contribution >= 0.6 is 0 Å². The highest BCUT2D eigenvalue weighted by Crippen LogP contribution is 2.18. The van der Waals surface area contributed by atoms with E-state index in [-0.39, 0.29) is 5.91 Å². The predicted octanol–water partition coefficient (Wildman–Crippen LogP) is 2.99. The summed E-state index contributed by atoms with van der Waals surface area (Å²) >= 11 is 0. The topological polar surface area (TPSA) is 54.0 Å². The molecule has 0 bridgehead atoms. The molecule has 0 radical (unpaired) electrons. The number of carbonyl (C=O) groups is 1. The van der Waals surface area contributed by atoms with Crippen molar-refractivity contribution in [3.05, 3.63) is 53.2 Å². The molecule has 19 heavy (non-hydrogen) atoms. The quantitative estimate of drug-likeness (QED) is 0.886. The van der Waals surface area contributed by atoms with Gasteiger partial charge in [-0.1, -0.05) is 11.6 Å². The van der Waals surface area contributed by atoms with Gasteiger partial charge in [0.15, 0.2) is 0 Å². The van der Waals surface area contributed by atoms with E-state index in [2.05, 4.69) is 15.6 Å². The molecule has 1 aromatic carbocycles. The largest absolute Gasteiger partial charge is 0.387 e. The van der Waals surface area contributed by atoms with E-state index in [1.54, 1.807) is 13.2 Å². The first kappa shape index (κ1) is 13.1. The molecule has 0 spiro atoms. The van der Waals surface area contributed by atoms with Gasteiger partial charge in [0.1, 0.15) is 5.82 Å². The van der Waals surface area contributed by atoms with E-state index in [1.165, 1.54) is 0 Å². The average molecular weight is 255 g/mol. The Bertz CT molecular complexity index is 608. The third-order valence-corrected chi connectivity index (χ3v) is 2.85. The second kappa shape index (κ2) is 5.52. The summed E-state index contributed by atoms with van der Waals surface area (Å²) in [6, 6.07) is 9.45. The molecule has 0 aliphatic heterocycles. The highest BCUT2D eigenvalue weighted by Gasteiger charge is 2.11. The van der Waals surface area contributed by atoms with Crippen molar-refractivity contribution in [2.45, 2.75) is 13.8 Å². The Hall–Kier alpha value is -2.36. The van der Waals surface area contributed by atoms with Crippen LogP contribution in [0, 0.1) is 13.8 Å². The fourth-order valence-electron chi connectivity index (χ4n) is 1.85. The molecule has 1 aromatic heterocycles. The zero-order valence-corrected chi connectivity index (χ0v) is 11.3. The molecule has 0 fully saturated rings. The van der Waals surface area contributed by atoms with Gasteiger partial charge in [0, 0.05) is 18.9 Å². The minimum absolute atomic E-state index is 0.161. The van der Waals surface area contributed by atoms with Crippen LogP contribution in [0.2, 0.25) is 0 Å². The molecule has 4 nitrogen and oxygen atoms in total. The number of nitrogens with one attached hydrogen (secondary N) is 2. The molecule has 2 aromatic rings. The standard InChI is InChI=1S/C15H17N3O/c1-10-4-5-13(16-3)12(8-10)15(19)18-14-9-11(2)6-7-17-14/h4-9,16H,1-3H3,(H,17,18,19). The number of nitrogens with zero attached hydrogens (tertiary/aromatic N) is 1. The fourth-order valence-corrected chi connectivity index (χ4v) is 1.85. The Morgan fingerprint density at radius 1 is 1.11 bits per heavy atom. The normalized spacial score (nSPS) is 10.1. The minimum Gasteiger partial charge on any atom is -0.387 e. The third kappa shape index (κ3) is 3.10. The van der Waals surface area contributed by atoms with Gasteiger partial charge < -0.3 is 10.6 Å². The maximum atomic E-state index is 12.3. The van der Waals surface area contributed by atoms with E-state index in [9.17, 15) is 4.79 Å². The summed E-state index contributed by atoms with van der Waals surface area (Å²) in [6.07, 6.45) is 1.68. The second-order valence-electron chi connectivity index (χ2n) is 4.47. The summed E-state index contributed by atoms with van der Waals surface area (Å²) in [5.74, 6) is 0.403. The number of rotatable bonds is 3. The summed E-state index contributed by atoms with van der Waals surface area (Å²) in [5.41, 5.74) is 3.52. The highest BCUT2D eigenvalue weighted by molar-refractivity contribution is 6.07. The van der Waals surface area contributed by atoms with Crippen molar-refractivity contribution in [2.75, 3.05) is 17.7 Å². The number of anilines is 2. The van der Waals surface area contributed by atoms with E-state index < -0.39 is 0 Å². The van der Waals surface area contributed by atoms with Crippen LogP contribution in [0.25, 0.3) is 0 Å². The van der Waals surface area contributed by atoms with Gasteiger partial charge in [-0.15, -0.1) is 0 Å². The highest BCUT2D eigenvalue weighted by atomic mass is 16.1. The van der Waals surface area contributed by atoms with E-state index in [1.807, 2.05) is 44.2 Å². The average Bonchev–Trinajstić information content (AvgIpc) is 2.38. The summed E-state index contributed by atoms with van der Waals surface area (Å²) in [6.45, 7) is 3.92.